The van der Waals surface area contributed by atoms with Crippen LogP contribution >= 0.6 is 0 Å². The lowest BCUT2D eigenvalue weighted by Gasteiger charge is -2.52. The molecule has 1 heterocycles. The summed E-state index contributed by atoms with van der Waals surface area (Å²) in [5, 5.41) is 35.1. The number of phenols is 1. The summed E-state index contributed by atoms with van der Waals surface area (Å²) in [6, 6.07) is -0.772. The summed E-state index contributed by atoms with van der Waals surface area (Å²) in [6.07, 6.45) is -0.585. The van der Waals surface area contributed by atoms with Crippen molar-refractivity contribution in [1.82, 2.24) is 9.80 Å². The van der Waals surface area contributed by atoms with Crippen molar-refractivity contribution in [3.63, 3.8) is 0 Å². The maximum Gasteiger partial charge on any atom is 0.407 e. The summed E-state index contributed by atoms with van der Waals surface area (Å²) in [4.78, 5) is 95.8. The number of Topliss-reactive ketones (excluding diaryl/α,β-unsaturated/α-hetero) is 4. The van der Waals surface area contributed by atoms with Crippen LogP contribution in [0.25, 0.3) is 0 Å². The first kappa shape index (κ1) is 31.1. The number of aromatic hydroxyl groups is 1. The molecule has 4 aliphatic rings. The van der Waals surface area contributed by atoms with Crippen molar-refractivity contribution in [3.8, 4) is 5.75 Å². The third-order valence-electron chi connectivity index (χ3n) is 9.58. The summed E-state index contributed by atoms with van der Waals surface area (Å²) in [7, 11) is 6.36. The van der Waals surface area contributed by atoms with Gasteiger partial charge in [-0.2, -0.15) is 0 Å². The topological polar surface area (TPSA) is 228 Å². The fourth-order valence-electron chi connectivity index (χ4n) is 7.63. The summed E-state index contributed by atoms with van der Waals surface area (Å²) in [5.41, 5.74) is 2.84. The van der Waals surface area contributed by atoms with Gasteiger partial charge < -0.3 is 31.3 Å². The van der Waals surface area contributed by atoms with Crippen molar-refractivity contribution in [2.75, 3.05) is 45.0 Å². The number of nitrogens with two attached hydrogens (primary N) is 1. The largest absolute Gasteiger partial charge is 0.505 e. The lowest BCUT2D eigenvalue weighted by Crippen LogP contribution is -2.74. The number of carboxylic acid groups (broad SMARTS) is 1. The molecule has 15 heteroatoms. The number of likely N-dealkylation sites (N-methyl/N-ethyl adjacent to an activating group) is 1. The number of likely N-dealkylation sites (tertiary alicyclic amines) is 1. The molecule has 0 spiro atoms. The van der Waals surface area contributed by atoms with Gasteiger partial charge in [0.15, 0.2) is 34.7 Å². The van der Waals surface area contributed by atoms with E-state index >= 15 is 0 Å². The number of hydrogen-bond acceptors (Lipinski definition) is 11. The van der Waals surface area contributed by atoms with Gasteiger partial charge >= 0.3 is 6.09 Å². The highest BCUT2D eigenvalue weighted by molar-refractivity contribution is 6.32. The Labute approximate surface area is 251 Å². The third-order valence-corrected chi connectivity index (χ3v) is 9.58. The lowest BCUT2D eigenvalue weighted by atomic mass is 9.52. The summed E-state index contributed by atoms with van der Waals surface area (Å²) < 4.78 is 0. The standard InChI is InChI=1S/C29H35N5O10/c1-32(2)16-10-14(31-27(41)15-6-5-7-34(15)28(42)43)21(35)18-12(16)8-11-9-13-20(33(3)4)23(37)19(26(30)40)25(39)29(13,44)24(38)17(11)22(18)36/h10-11,13,15,17,19-20,35,44H,5-9H2,1-4H3,(H2,30,40)(H,31,41)(H,42,43)/t11-,13-,15?,17?,19?,20-,29-/m0/s1. The SMILES string of the molecule is CN(C)c1cc(NC(=O)C2CCCN2C(=O)O)c(O)c2c1C[C@H]1C[C@H]3[C@H](N(C)C)C(=O)C(C(N)=O)C(=O)[C@@]3(O)C(=O)C1C2=O. The summed E-state index contributed by atoms with van der Waals surface area (Å²) >= 11 is 0. The molecule has 236 valence electrons. The Morgan fingerprint density at radius 3 is 2.32 bits per heavy atom. The molecule has 2 saturated carbocycles. The molecule has 5 rings (SSSR count). The molecule has 0 aromatic heterocycles. The van der Waals surface area contributed by atoms with Crippen LogP contribution < -0.4 is 16.0 Å². The number of benzene rings is 1. The van der Waals surface area contributed by atoms with E-state index in [1.807, 2.05) is 0 Å². The predicted octanol–water partition coefficient (Wildman–Crippen LogP) is -0.986. The van der Waals surface area contributed by atoms with Crippen LogP contribution in [0.15, 0.2) is 6.07 Å². The van der Waals surface area contributed by atoms with E-state index in [-0.39, 0.29) is 37.1 Å². The van der Waals surface area contributed by atoms with Gasteiger partial charge in [-0.3, -0.25) is 38.6 Å². The number of carbonyl (C=O) groups is 7. The number of primary amides is 1. The zero-order valence-corrected chi connectivity index (χ0v) is 24.7. The first-order chi connectivity index (χ1) is 20.5. The van der Waals surface area contributed by atoms with Crippen molar-refractivity contribution >= 4 is 52.4 Å². The van der Waals surface area contributed by atoms with Crippen LogP contribution in [0, 0.1) is 23.7 Å². The molecule has 0 bridgehead atoms. The zero-order chi connectivity index (χ0) is 32.6. The van der Waals surface area contributed by atoms with E-state index in [1.165, 1.54) is 25.1 Å². The molecule has 15 nitrogen and oxygen atoms in total. The van der Waals surface area contributed by atoms with Gasteiger partial charge in [-0.05, 0) is 57.3 Å². The molecule has 3 amide bonds. The van der Waals surface area contributed by atoms with Gasteiger partial charge in [-0.15, -0.1) is 0 Å². The molecule has 3 fully saturated rings. The second-order valence-corrected chi connectivity index (χ2v) is 12.5. The van der Waals surface area contributed by atoms with E-state index in [0.29, 0.717) is 17.7 Å². The van der Waals surface area contributed by atoms with Gasteiger partial charge in [0.1, 0.15) is 11.8 Å². The second kappa shape index (κ2) is 10.7. The minimum absolute atomic E-state index is 0.0521. The molecule has 7 atom stereocenters. The third kappa shape index (κ3) is 4.36. The zero-order valence-electron chi connectivity index (χ0n) is 24.7. The van der Waals surface area contributed by atoms with Gasteiger partial charge in [0.2, 0.25) is 11.8 Å². The summed E-state index contributed by atoms with van der Waals surface area (Å²) in [5.74, 6) is -12.6. The first-order valence-corrected chi connectivity index (χ1v) is 14.2. The van der Waals surface area contributed by atoms with E-state index in [4.69, 9.17) is 5.73 Å². The maximum absolute atomic E-state index is 14.1. The van der Waals surface area contributed by atoms with Gasteiger partial charge in [0, 0.05) is 32.2 Å². The van der Waals surface area contributed by atoms with Gasteiger partial charge in [0.25, 0.3) is 0 Å². The van der Waals surface area contributed by atoms with Crippen molar-refractivity contribution in [1.29, 1.82) is 0 Å². The number of hydrogen-bond donors (Lipinski definition) is 5. The fraction of sp³-hybridized carbons (Fsp3) is 0.552. The number of ketones is 4. The monoisotopic (exact) mass is 613 g/mol. The molecule has 1 aromatic carbocycles. The van der Waals surface area contributed by atoms with Crippen LogP contribution in [0.5, 0.6) is 5.75 Å². The number of nitrogens with zero attached hydrogens (tertiary/aromatic N) is 3. The number of anilines is 2. The van der Waals surface area contributed by atoms with Gasteiger partial charge in [-0.25, -0.2) is 4.79 Å². The van der Waals surface area contributed by atoms with E-state index < -0.39 is 88.1 Å². The summed E-state index contributed by atoms with van der Waals surface area (Å²) in [6.45, 7) is 0.162. The number of phenolic OH excluding ortho intramolecular Hbond substituents is 1. The van der Waals surface area contributed by atoms with Crippen molar-refractivity contribution in [3.05, 3.63) is 17.2 Å². The molecule has 1 saturated heterocycles. The van der Waals surface area contributed by atoms with Gasteiger partial charge in [0.05, 0.1) is 23.2 Å². The maximum atomic E-state index is 14.1. The van der Waals surface area contributed by atoms with E-state index in [0.717, 1.165) is 4.90 Å². The van der Waals surface area contributed by atoms with Crippen LogP contribution in [-0.2, 0) is 30.4 Å². The Hall–Kier alpha value is -4.37. The molecule has 0 radical (unpaired) electrons. The highest BCUT2D eigenvalue weighted by Gasteiger charge is 2.69. The molecular formula is C29H35N5O10. The van der Waals surface area contributed by atoms with Crippen LogP contribution in [0.3, 0.4) is 0 Å². The van der Waals surface area contributed by atoms with Crippen LogP contribution in [0.4, 0.5) is 16.2 Å². The Kier molecular flexibility index (Phi) is 7.53. The van der Waals surface area contributed by atoms with Crippen molar-refractivity contribution in [2.24, 2.45) is 29.4 Å². The minimum atomic E-state index is -2.86. The fourth-order valence-corrected chi connectivity index (χ4v) is 7.63. The molecule has 1 aliphatic heterocycles. The normalized spacial score (nSPS) is 31.4. The van der Waals surface area contributed by atoms with Gasteiger partial charge in [-0.1, -0.05) is 0 Å². The van der Waals surface area contributed by atoms with E-state index in [1.54, 1.807) is 19.0 Å². The number of amides is 3. The Balaban J connectivity index is 1.59. The highest BCUT2D eigenvalue weighted by atomic mass is 16.4. The molecule has 6 N–H and O–H groups in total. The Morgan fingerprint density at radius 2 is 1.75 bits per heavy atom. The van der Waals surface area contributed by atoms with Crippen molar-refractivity contribution < 1.29 is 48.9 Å². The molecular weight excluding hydrogens is 578 g/mol. The lowest BCUT2D eigenvalue weighted by molar-refractivity contribution is -0.181. The number of fused-ring (bicyclic) bond motifs is 3. The average molecular weight is 614 g/mol. The number of aliphatic hydroxyl groups is 1. The average Bonchev–Trinajstić information content (AvgIpc) is 3.42. The van der Waals surface area contributed by atoms with E-state index in [9.17, 15) is 48.9 Å². The van der Waals surface area contributed by atoms with Crippen molar-refractivity contribution in [2.45, 2.75) is 43.4 Å². The molecule has 1 aromatic rings. The van der Waals surface area contributed by atoms with Crippen LogP contribution in [0.2, 0.25) is 0 Å². The van der Waals surface area contributed by atoms with Crippen LogP contribution in [0.1, 0.15) is 35.2 Å². The number of nitrogens with one attached hydrogen (secondary N) is 1. The predicted molar refractivity (Wildman–Crippen MR) is 152 cm³/mol. The quantitative estimate of drug-likeness (QED) is 0.199. The Bertz CT molecular complexity index is 1520. The molecule has 3 unspecified atom stereocenters. The second-order valence-electron chi connectivity index (χ2n) is 12.5. The number of rotatable bonds is 5. The molecule has 3 aliphatic carbocycles. The smallest absolute Gasteiger partial charge is 0.407 e. The first-order valence-electron chi connectivity index (χ1n) is 14.2. The minimum Gasteiger partial charge on any atom is -0.505 e. The number of carbonyl (C=O) groups excluding carboxylic acids is 6. The van der Waals surface area contributed by atoms with E-state index in [2.05, 4.69) is 5.32 Å². The van der Waals surface area contributed by atoms with Crippen LogP contribution in [-0.4, -0.2) is 119 Å². The molecule has 44 heavy (non-hydrogen) atoms. The highest BCUT2D eigenvalue weighted by Crippen LogP contribution is 2.52. The Morgan fingerprint density at radius 1 is 1.09 bits per heavy atom.